The van der Waals surface area contributed by atoms with Crippen molar-refractivity contribution in [3.8, 4) is 5.69 Å². The van der Waals surface area contributed by atoms with Crippen LogP contribution in [0.2, 0.25) is 0 Å². The van der Waals surface area contributed by atoms with Gasteiger partial charge in [-0.15, -0.1) is 0 Å². The quantitative estimate of drug-likeness (QED) is 0.838. The summed E-state index contributed by atoms with van der Waals surface area (Å²) in [5, 5.41) is 13.3. The Labute approximate surface area is 123 Å². The Morgan fingerprint density at radius 2 is 1.95 bits per heavy atom. The molecule has 0 saturated heterocycles. The second-order valence-electron chi connectivity index (χ2n) is 4.40. The highest BCUT2D eigenvalue weighted by Gasteiger charge is 2.23. The van der Waals surface area contributed by atoms with Gasteiger partial charge in [0, 0.05) is 0 Å². The van der Waals surface area contributed by atoms with Gasteiger partial charge in [0.05, 0.1) is 15.0 Å². The number of halogens is 2. The minimum atomic E-state index is -1.06. The van der Waals surface area contributed by atoms with Gasteiger partial charge in [-0.05, 0) is 52.8 Å². The zero-order valence-electron chi connectivity index (χ0n) is 10.4. The first-order valence-corrected chi connectivity index (χ1v) is 6.77. The van der Waals surface area contributed by atoms with Gasteiger partial charge >= 0.3 is 5.97 Å². The lowest BCUT2D eigenvalue weighted by atomic mass is 10.1. The zero-order valence-corrected chi connectivity index (χ0v) is 12.6. The van der Waals surface area contributed by atoms with Gasteiger partial charge in [-0.1, -0.05) is 13.8 Å². The van der Waals surface area contributed by atoms with Gasteiger partial charge in [0.2, 0.25) is 0 Å². The second kappa shape index (κ2) is 5.28. The van der Waals surface area contributed by atoms with E-state index in [9.17, 15) is 9.18 Å². The molecule has 19 heavy (non-hydrogen) atoms. The summed E-state index contributed by atoms with van der Waals surface area (Å²) >= 11 is 1.99. The monoisotopic (exact) mass is 374 g/mol. The van der Waals surface area contributed by atoms with Crippen molar-refractivity contribution >= 4 is 28.6 Å². The molecule has 0 aliphatic carbocycles. The predicted octanol–water partition coefficient (Wildman–Crippen LogP) is 3.44. The summed E-state index contributed by atoms with van der Waals surface area (Å²) in [7, 11) is 0. The van der Waals surface area contributed by atoms with Crippen molar-refractivity contribution in [3.63, 3.8) is 0 Å². The fourth-order valence-corrected chi connectivity index (χ4v) is 3.02. The van der Waals surface area contributed by atoms with Crippen LogP contribution in [-0.4, -0.2) is 20.9 Å². The maximum absolute atomic E-state index is 12.9. The Morgan fingerprint density at radius 1 is 1.37 bits per heavy atom. The van der Waals surface area contributed by atoms with E-state index in [2.05, 4.69) is 5.10 Å². The zero-order chi connectivity index (χ0) is 14.2. The summed E-state index contributed by atoms with van der Waals surface area (Å²) in [6.45, 7) is 3.93. The standard InChI is InChI=1S/C13H12FIN2O2/c1-7(2)12-10(15)11(13(18)19)16-17(12)9-5-3-8(14)4-6-9/h3-7H,1-2H3,(H,18,19). The van der Waals surface area contributed by atoms with Crippen molar-refractivity contribution in [2.75, 3.05) is 0 Å². The lowest BCUT2D eigenvalue weighted by Crippen LogP contribution is -2.05. The summed E-state index contributed by atoms with van der Waals surface area (Å²) in [5.74, 6) is -1.29. The molecule has 0 atom stereocenters. The van der Waals surface area contributed by atoms with Gasteiger partial charge in [-0.25, -0.2) is 13.9 Å². The summed E-state index contributed by atoms with van der Waals surface area (Å²) in [6, 6.07) is 5.81. The molecule has 2 rings (SSSR count). The summed E-state index contributed by atoms with van der Waals surface area (Å²) in [6.07, 6.45) is 0. The Bertz CT molecular complexity index is 620. The molecule has 0 unspecified atom stereocenters. The van der Waals surface area contributed by atoms with E-state index in [-0.39, 0.29) is 17.4 Å². The molecule has 1 aromatic heterocycles. The molecule has 0 amide bonds. The number of hydrogen-bond acceptors (Lipinski definition) is 2. The number of hydrogen-bond donors (Lipinski definition) is 1. The Hall–Kier alpha value is -1.44. The molecule has 0 spiro atoms. The SMILES string of the molecule is CC(C)c1c(I)c(C(=O)O)nn1-c1ccc(F)cc1. The lowest BCUT2D eigenvalue weighted by Gasteiger charge is -2.10. The number of carboxylic acids is 1. The molecule has 0 saturated carbocycles. The Morgan fingerprint density at radius 3 is 2.42 bits per heavy atom. The fraction of sp³-hybridized carbons (Fsp3) is 0.231. The van der Waals surface area contributed by atoms with Crippen LogP contribution in [0.3, 0.4) is 0 Å². The van der Waals surface area contributed by atoms with Crippen molar-refractivity contribution < 1.29 is 14.3 Å². The number of nitrogens with zero attached hydrogens (tertiary/aromatic N) is 2. The average molecular weight is 374 g/mol. The Balaban J connectivity index is 2.65. The molecule has 1 heterocycles. The number of rotatable bonds is 3. The molecule has 0 fully saturated rings. The van der Waals surface area contributed by atoms with Crippen molar-refractivity contribution in [1.29, 1.82) is 0 Å². The highest BCUT2D eigenvalue weighted by Crippen LogP contribution is 2.27. The molecule has 0 bridgehead atoms. The average Bonchev–Trinajstić information content (AvgIpc) is 2.68. The van der Waals surface area contributed by atoms with E-state index in [1.807, 2.05) is 36.4 Å². The van der Waals surface area contributed by atoms with Crippen LogP contribution in [0.5, 0.6) is 0 Å². The van der Waals surface area contributed by atoms with E-state index in [1.165, 1.54) is 12.1 Å². The molecule has 4 nitrogen and oxygen atoms in total. The number of carboxylic acid groups (broad SMARTS) is 1. The van der Waals surface area contributed by atoms with Crippen LogP contribution in [0.15, 0.2) is 24.3 Å². The van der Waals surface area contributed by atoms with Crippen molar-refractivity contribution in [1.82, 2.24) is 9.78 Å². The topological polar surface area (TPSA) is 55.1 Å². The maximum Gasteiger partial charge on any atom is 0.357 e. The van der Waals surface area contributed by atoms with Gasteiger partial charge in [0.15, 0.2) is 5.69 Å². The van der Waals surface area contributed by atoms with E-state index < -0.39 is 5.97 Å². The molecule has 1 aromatic carbocycles. The van der Waals surface area contributed by atoms with E-state index in [0.717, 1.165) is 5.69 Å². The highest BCUT2D eigenvalue weighted by atomic mass is 127. The first-order valence-electron chi connectivity index (χ1n) is 5.69. The maximum atomic E-state index is 12.9. The van der Waals surface area contributed by atoms with Gasteiger partial charge in [0.1, 0.15) is 5.82 Å². The first kappa shape index (κ1) is 14.0. The van der Waals surface area contributed by atoms with Crippen LogP contribution in [-0.2, 0) is 0 Å². The molecule has 0 aliphatic rings. The first-order chi connectivity index (χ1) is 8.91. The highest BCUT2D eigenvalue weighted by molar-refractivity contribution is 14.1. The molecule has 0 radical (unpaired) electrons. The summed E-state index contributed by atoms with van der Waals surface area (Å²) in [4.78, 5) is 11.2. The van der Waals surface area contributed by atoms with Crippen LogP contribution in [0.4, 0.5) is 4.39 Å². The van der Waals surface area contributed by atoms with Crippen LogP contribution >= 0.6 is 22.6 Å². The molecule has 2 aromatic rings. The molecule has 1 N–H and O–H groups in total. The third-order valence-electron chi connectivity index (χ3n) is 2.68. The van der Waals surface area contributed by atoms with Crippen molar-refractivity contribution in [3.05, 3.63) is 45.0 Å². The molecule has 6 heteroatoms. The van der Waals surface area contributed by atoms with Gasteiger partial charge in [-0.2, -0.15) is 5.10 Å². The largest absolute Gasteiger partial charge is 0.476 e. The second-order valence-corrected chi connectivity index (χ2v) is 5.47. The van der Waals surface area contributed by atoms with Crippen LogP contribution in [0.25, 0.3) is 5.69 Å². The number of carbonyl (C=O) groups is 1. The van der Waals surface area contributed by atoms with E-state index in [0.29, 0.717) is 9.26 Å². The molecule has 100 valence electrons. The molecule has 0 aliphatic heterocycles. The van der Waals surface area contributed by atoms with Gasteiger partial charge < -0.3 is 5.11 Å². The Kier molecular flexibility index (Phi) is 3.88. The van der Waals surface area contributed by atoms with Gasteiger partial charge in [-0.3, -0.25) is 0 Å². The van der Waals surface area contributed by atoms with Crippen LogP contribution in [0.1, 0.15) is 35.9 Å². The van der Waals surface area contributed by atoms with E-state index in [4.69, 9.17) is 5.11 Å². The van der Waals surface area contributed by atoms with E-state index in [1.54, 1.807) is 16.8 Å². The minimum Gasteiger partial charge on any atom is -0.476 e. The summed E-state index contributed by atoms with van der Waals surface area (Å²) in [5.41, 5.74) is 1.48. The molecular formula is C13H12FIN2O2. The summed E-state index contributed by atoms with van der Waals surface area (Å²) < 4.78 is 15.1. The smallest absolute Gasteiger partial charge is 0.357 e. The van der Waals surface area contributed by atoms with Crippen molar-refractivity contribution in [2.45, 2.75) is 19.8 Å². The fourth-order valence-electron chi connectivity index (χ4n) is 1.83. The van der Waals surface area contributed by atoms with Crippen LogP contribution < -0.4 is 0 Å². The normalized spacial score (nSPS) is 11.0. The van der Waals surface area contributed by atoms with Crippen LogP contribution in [0, 0.1) is 9.39 Å². The number of aromatic nitrogens is 2. The van der Waals surface area contributed by atoms with Gasteiger partial charge in [0.25, 0.3) is 0 Å². The van der Waals surface area contributed by atoms with E-state index >= 15 is 0 Å². The predicted molar refractivity (Wildman–Crippen MR) is 77.3 cm³/mol. The number of aromatic carboxylic acids is 1. The lowest BCUT2D eigenvalue weighted by molar-refractivity contribution is 0.0689. The number of benzene rings is 1. The molecular weight excluding hydrogens is 362 g/mol. The third kappa shape index (κ3) is 2.63. The van der Waals surface area contributed by atoms with Crippen molar-refractivity contribution in [2.24, 2.45) is 0 Å². The third-order valence-corrected chi connectivity index (χ3v) is 3.75. The minimum absolute atomic E-state index is 0.0219.